The molecule has 0 spiro atoms. The molecule has 0 bridgehead atoms. The molecular weight excluding hydrogens is 342 g/mol. The van der Waals surface area contributed by atoms with Crippen LogP contribution in [0.3, 0.4) is 0 Å². The standard InChI is InChI=1S/C16H13BrF2O2/c17-8-10-5-13(18)16(14(19)6-10)20-9-12-7-11-3-1-2-4-15(11)21-12/h1-6,12H,7-9H2. The van der Waals surface area contributed by atoms with E-state index in [1.54, 1.807) is 0 Å². The van der Waals surface area contributed by atoms with Crippen molar-refractivity contribution in [2.45, 2.75) is 17.9 Å². The lowest BCUT2D eigenvalue weighted by molar-refractivity contribution is 0.141. The number of halogens is 3. The molecular formula is C16H13BrF2O2. The number of rotatable bonds is 4. The van der Waals surface area contributed by atoms with Gasteiger partial charge in [-0.05, 0) is 29.3 Å². The van der Waals surface area contributed by atoms with Crippen LogP contribution >= 0.6 is 15.9 Å². The first-order chi connectivity index (χ1) is 10.2. The van der Waals surface area contributed by atoms with Crippen molar-refractivity contribution in [1.29, 1.82) is 0 Å². The number of hydrogen-bond donors (Lipinski definition) is 0. The van der Waals surface area contributed by atoms with Crippen LogP contribution in [0, 0.1) is 11.6 Å². The van der Waals surface area contributed by atoms with E-state index < -0.39 is 11.6 Å². The SMILES string of the molecule is Fc1cc(CBr)cc(F)c1OCC1Cc2ccccc2O1. The lowest BCUT2D eigenvalue weighted by Crippen LogP contribution is -2.23. The van der Waals surface area contributed by atoms with Crippen molar-refractivity contribution in [2.75, 3.05) is 6.61 Å². The Bertz CT molecular complexity index is 612. The molecule has 2 aromatic carbocycles. The van der Waals surface area contributed by atoms with Crippen LogP contribution in [0.25, 0.3) is 0 Å². The maximum absolute atomic E-state index is 13.8. The number of fused-ring (bicyclic) bond motifs is 1. The third kappa shape index (κ3) is 3.02. The van der Waals surface area contributed by atoms with Crippen molar-refractivity contribution in [3.8, 4) is 11.5 Å². The fourth-order valence-electron chi connectivity index (χ4n) is 2.35. The smallest absolute Gasteiger partial charge is 0.190 e. The van der Waals surface area contributed by atoms with Gasteiger partial charge in [-0.1, -0.05) is 34.1 Å². The van der Waals surface area contributed by atoms with Crippen molar-refractivity contribution < 1.29 is 18.3 Å². The molecule has 0 fully saturated rings. The van der Waals surface area contributed by atoms with Crippen LogP contribution in [0.1, 0.15) is 11.1 Å². The molecule has 0 radical (unpaired) electrons. The van der Waals surface area contributed by atoms with Gasteiger partial charge in [0, 0.05) is 11.8 Å². The van der Waals surface area contributed by atoms with E-state index >= 15 is 0 Å². The van der Waals surface area contributed by atoms with Crippen LogP contribution in [-0.4, -0.2) is 12.7 Å². The van der Waals surface area contributed by atoms with Gasteiger partial charge in [-0.15, -0.1) is 0 Å². The average molecular weight is 355 g/mol. The Morgan fingerprint density at radius 2 is 1.90 bits per heavy atom. The van der Waals surface area contributed by atoms with Gasteiger partial charge in [0.05, 0.1) is 0 Å². The quantitative estimate of drug-likeness (QED) is 0.764. The van der Waals surface area contributed by atoms with E-state index in [1.165, 1.54) is 12.1 Å². The second-order valence-corrected chi connectivity index (χ2v) is 5.45. The van der Waals surface area contributed by atoms with Gasteiger partial charge in [-0.25, -0.2) is 8.78 Å². The molecule has 5 heteroatoms. The summed E-state index contributed by atoms with van der Waals surface area (Å²) in [5, 5.41) is 0.391. The van der Waals surface area contributed by atoms with E-state index in [1.807, 2.05) is 24.3 Å². The summed E-state index contributed by atoms with van der Waals surface area (Å²) in [6.07, 6.45) is 0.455. The van der Waals surface area contributed by atoms with Crippen molar-refractivity contribution in [3.63, 3.8) is 0 Å². The molecule has 0 aromatic heterocycles. The largest absolute Gasteiger partial charge is 0.486 e. The van der Waals surface area contributed by atoms with Gasteiger partial charge >= 0.3 is 0 Å². The average Bonchev–Trinajstić information content (AvgIpc) is 2.88. The number of para-hydroxylation sites is 1. The van der Waals surface area contributed by atoms with E-state index in [9.17, 15) is 8.78 Å². The van der Waals surface area contributed by atoms with Crippen molar-refractivity contribution in [3.05, 3.63) is 59.2 Å². The Labute approximate surface area is 129 Å². The van der Waals surface area contributed by atoms with E-state index in [0.717, 1.165) is 11.3 Å². The Morgan fingerprint density at radius 3 is 2.57 bits per heavy atom. The predicted octanol–water partition coefficient (Wildman–Crippen LogP) is 4.24. The predicted molar refractivity (Wildman–Crippen MR) is 79.0 cm³/mol. The van der Waals surface area contributed by atoms with Gasteiger partial charge in [0.15, 0.2) is 17.4 Å². The fourth-order valence-corrected chi connectivity index (χ4v) is 2.67. The Hall–Kier alpha value is -1.62. The minimum atomic E-state index is -0.694. The zero-order chi connectivity index (χ0) is 14.8. The van der Waals surface area contributed by atoms with Crippen LogP contribution in [-0.2, 0) is 11.8 Å². The number of ether oxygens (including phenoxy) is 2. The highest BCUT2D eigenvalue weighted by atomic mass is 79.9. The molecule has 0 aliphatic carbocycles. The molecule has 1 aliphatic heterocycles. The minimum absolute atomic E-state index is 0.107. The highest BCUT2D eigenvalue weighted by Gasteiger charge is 2.24. The van der Waals surface area contributed by atoms with E-state index in [0.29, 0.717) is 17.3 Å². The molecule has 2 nitrogen and oxygen atoms in total. The highest BCUT2D eigenvalue weighted by molar-refractivity contribution is 9.08. The molecule has 110 valence electrons. The summed E-state index contributed by atoms with van der Waals surface area (Å²) in [5.74, 6) is -0.930. The van der Waals surface area contributed by atoms with Crippen LogP contribution in [0.4, 0.5) is 8.78 Å². The molecule has 0 amide bonds. The lowest BCUT2D eigenvalue weighted by atomic mass is 10.1. The second-order valence-electron chi connectivity index (χ2n) is 4.88. The maximum Gasteiger partial charge on any atom is 0.190 e. The third-order valence-electron chi connectivity index (χ3n) is 3.34. The van der Waals surface area contributed by atoms with E-state index in [-0.39, 0.29) is 18.5 Å². The Morgan fingerprint density at radius 1 is 1.19 bits per heavy atom. The summed E-state index contributed by atoms with van der Waals surface area (Å²) in [4.78, 5) is 0. The van der Waals surface area contributed by atoms with Crippen LogP contribution in [0.15, 0.2) is 36.4 Å². The molecule has 1 unspecified atom stereocenters. The highest BCUT2D eigenvalue weighted by Crippen LogP contribution is 2.29. The van der Waals surface area contributed by atoms with E-state index in [4.69, 9.17) is 9.47 Å². The maximum atomic E-state index is 13.8. The molecule has 0 saturated heterocycles. The first kappa shape index (κ1) is 14.3. The summed E-state index contributed by atoms with van der Waals surface area (Å²) >= 11 is 3.17. The second kappa shape index (κ2) is 6.02. The molecule has 0 N–H and O–H groups in total. The third-order valence-corrected chi connectivity index (χ3v) is 3.99. The monoisotopic (exact) mass is 354 g/mol. The molecule has 2 aromatic rings. The summed E-state index contributed by atoms with van der Waals surface area (Å²) in [5.41, 5.74) is 1.61. The Balaban J connectivity index is 1.67. The zero-order valence-corrected chi connectivity index (χ0v) is 12.7. The lowest BCUT2D eigenvalue weighted by Gasteiger charge is -2.14. The molecule has 1 atom stereocenters. The van der Waals surface area contributed by atoms with Gasteiger partial charge in [-0.2, -0.15) is 0 Å². The van der Waals surface area contributed by atoms with Gasteiger partial charge in [0.1, 0.15) is 18.5 Å². The first-order valence-electron chi connectivity index (χ1n) is 6.58. The Kier molecular flexibility index (Phi) is 4.10. The van der Waals surface area contributed by atoms with Crippen LogP contribution in [0.5, 0.6) is 11.5 Å². The fraction of sp³-hybridized carbons (Fsp3) is 0.250. The molecule has 3 rings (SSSR count). The molecule has 0 saturated carbocycles. The summed E-state index contributed by atoms with van der Waals surface area (Å²) in [6.45, 7) is 0.107. The number of hydrogen-bond acceptors (Lipinski definition) is 2. The van der Waals surface area contributed by atoms with Gasteiger partial charge in [0.25, 0.3) is 0 Å². The van der Waals surface area contributed by atoms with E-state index in [2.05, 4.69) is 15.9 Å². The van der Waals surface area contributed by atoms with Crippen LogP contribution in [0.2, 0.25) is 0 Å². The normalized spacial score (nSPS) is 16.4. The van der Waals surface area contributed by atoms with Crippen molar-refractivity contribution in [2.24, 2.45) is 0 Å². The molecule has 1 heterocycles. The number of benzene rings is 2. The summed E-state index contributed by atoms with van der Waals surface area (Å²) in [6, 6.07) is 10.2. The van der Waals surface area contributed by atoms with Crippen LogP contribution < -0.4 is 9.47 Å². The summed E-state index contributed by atoms with van der Waals surface area (Å²) in [7, 11) is 0. The number of alkyl halides is 1. The van der Waals surface area contributed by atoms with Gasteiger partial charge in [-0.3, -0.25) is 0 Å². The van der Waals surface area contributed by atoms with Gasteiger partial charge < -0.3 is 9.47 Å². The minimum Gasteiger partial charge on any atom is -0.486 e. The van der Waals surface area contributed by atoms with Crippen molar-refractivity contribution in [1.82, 2.24) is 0 Å². The van der Waals surface area contributed by atoms with Gasteiger partial charge in [0.2, 0.25) is 0 Å². The first-order valence-corrected chi connectivity index (χ1v) is 7.70. The zero-order valence-electron chi connectivity index (χ0n) is 11.1. The molecule has 21 heavy (non-hydrogen) atoms. The molecule has 1 aliphatic rings. The summed E-state index contributed by atoms with van der Waals surface area (Å²) < 4.78 is 38.6. The van der Waals surface area contributed by atoms with Crippen molar-refractivity contribution >= 4 is 15.9 Å². The topological polar surface area (TPSA) is 18.5 Å².